The molecule has 0 saturated carbocycles. The van der Waals surface area contributed by atoms with Crippen molar-refractivity contribution in [2.75, 3.05) is 0 Å². The molecule has 21 heavy (non-hydrogen) atoms. The van der Waals surface area contributed by atoms with E-state index in [1.807, 2.05) is 30.3 Å². The van der Waals surface area contributed by atoms with E-state index in [9.17, 15) is 10.4 Å². The Labute approximate surface area is 121 Å². The maximum atomic E-state index is 9.30. The molecule has 0 radical (unpaired) electrons. The fourth-order valence-electron chi connectivity index (χ4n) is 1.99. The topological polar surface area (TPSA) is 69.3 Å². The van der Waals surface area contributed by atoms with Crippen LogP contribution >= 0.6 is 0 Å². The zero-order chi connectivity index (χ0) is 14.7. The first-order chi connectivity index (χ1) is 10.3. The van der Waals surface area contributed by atoms with Gasteiger partial charge < -0.3 is 5.11 Å². The second kappa shape index (κ2) is 5.43. The Morgan fingerprint density at radius 3 is 2.52 bits per heavy atom. The molecule has 0 saturated heterocycles. The fraction of sp³-hybridized carbons (Fsp3) is 0. The first kappa shape index (κ1) is 12.8. The van der Waals surface area contributed by atoms with Crippen LogP contribution in [0.5, 0.6) is 5.75 Å². The molecule has 0 atom stereocenters. The number of pyridine rings is 1. The second-order valence-corrected chi connectivity index (χ2v) is 4.48. The minimum Gasteiger partial charge on any atom is -0.508 e. The largest absolute Gasteiger partial charge is 0.508 e. The number of hydrogen-bond donors (Lipinski definition) is 1. The fourth-order valence-corrected chi connectivity index (χ4v) is 1.99. The Hall–Kier alpha value is -3.19. The van der Waals surface area contributed by atoms with Crippen LogP contribution in [0.25, 0.3) is 10.9 Å². The minimum atomic E-state index is 0.163. The van der Waals surface area contributed by atoms with Crippen LogP contribution in [0.1, 0.15) is 5.69 Å². The number of rotatable bonds is 2. The van der Waals surface area contributed by atoms with Gasteiger partial charge in [-0.25, -0.2) is 9.98 Å². The maximum absolute atomic E-state index is 9.30. The lowest BCUT2D eigenvalue weighted by molar-refractivity contribution is 0.475. The lowest BCUT2D eigenvalue weighted by Gasteiger charge is -2.01. The second-order valence-electron chi connectivity index (χ2n) is 4.48. The Balaban J connectivity index is 2.05. The minimum absolute atomic E-state index is 0.163. The molecule has 4 nitrogen and oxygen atoms in total. The molecule has 0 aliphatic carbocycles. The van der Waals surface area contributed by atoms with E-state index >= 15 is 0 Å². The van der Waals surface area contributed by atoms with Gasteiger partial charge in [-0.2, -0.15) is 5.26 Å². The average Bonchev–Trinajstić information content (AvgIpc) is 2.54. The third-order valence-corrected chi connectivity index (χ3v) is 3.04. The Morgan fingerprint density at radius 2 is 1.76 bits per heavy atom. The summed E-state index contributed by atoms with van der Waals surface area (Å²) in [4.78, 5) is 8.73. The molecule has 1 heterocycles. The molecule has 3 rings (SSSR count). The molecule has 0 bridgehead atoms. The summed E-state index contributed by atoms with van der Waals surface area (Å²) in [5.74, 6) is 0.163. The third kappa shape index (κ3) is 2.72. The number of phenols is 1. The molecule has 0 aliphatic rings. The summed E-state index contributed by atoms with van der Waals surface area (Å²) in [6.45, 7) is 0. The van der Waals surface area contributed by atoms with Gasteiger partial charge in [0.25, 0.3) is 0 Å². The summed E-state index contributed by atoms with van der Waals surface area (Å²) >= 11 is 0. The van der Waals surface area contributed by atoms with Crippen LogP contribution in [0.15, 0.2) is 65.7 Å². The monoisotopic (exact) mass is 273 g/mol. The van der Waals surface area contributed by atoms with Crippen molar-refractivity contribution in [1.29, 1.82) is 5.26 Å². The predicted octanol–water partition coefficient (Wildman–Crippen LogP) is 3.58. The number of nitriles is 1. The van der Waals surface area contributed by atoms with Crippen molar-refractivity contribution in [2.45, 2.75) is 0 Å². The number of aromatic nitrogens is 1. The van der Waals surface area contributed by atoms with Gasteiger partial charge in [-0.05, 0) is 36.4 Å². The van der Waals surface area contributed by atoms with Crippen molar-refractivity contribution in [3.05, 3.63) is 66.4 Å². The lowest BCUT2D eigenvalue weighted by atomic mass is 10.1. The van der Waals surface area contributed by atoms with E-state index < -0.39 is 0 Å². The maximum Gasteiger partial charge on any atom is 0.166 e. The van der Waals surface area contributed by atoms with Crippen LogP contribution in [0.4, 0.5) is 5.69 Å². The van der Waals surface area contributed by atoms with E-state index in [0.29, 0.717) is 11.4 Å². The zero-order valence-electron chi connectivity index (χ0n) is 11.1. The average molecular weight is 273 g/mol. The van der Waals surface area contributed by atoms with Gasteiger partial charge in [0.1, 0.15) is 17.5 Å². The molecule has 1 aromatic heterocycles. The molecular weight excluding hydrogens is 262 g/mol. The molecule has 0 unspecified atom stereocenters. The zero-order valence-corrected chi connectivity index (χ0v) is 11.1. The molecule has 1 N–H and O–H groups in total. The quantitative estimate of drug-likeness (QED) is 0.725. The van der Waals surface area contributed by atoms with E-state index in [4.69, 9.17) is 0 Å². The van der Waals surface area contributed by atoms with Crippen LogP contribution < -0.4 is 0 Å². The highest BCUT2D eigenvalue weighted by atomic mass is 16.3. The van der Waals surface area contributed by atoms with Crippen LogP contribution in [0, 0.1) is 11.3 Å². The standard InChI is InChI=1S/C17H11N3O/c18-11-17(19-13-6-8-14(21)9-7-13)16-10-5-12-3-1-2-4-15(12)20-16/h1-10,21H. The number of aromatic hydroxyl groups is 1. The van der Waals surface area contributed by atoms with Gasteiger partial charge in [0.2, 0.25) is 0 Å². The summed E-state index contributed by atoms with van der Waals surface area (Å²) in [6, 6.07) is 19.8. The van der Waals surface area contributed by atoms with Crippen LogP contribution in [0.2, 0.25) is 0 Å². The third-order valence-electron chi connectivity index (χ3n) is 3.04. The number of benzene rings is 2. The molecule has 0 amide bonds. The molecule has 4 heteroatoms. The van der Waals surface area contributed by atoms with Crippen molar-refractivity contribution in [3.8, 4) is 11.8 Å². The number of hydrogen-bond acceptors (Lipinski definition) is 4. The van der Waals surface area contributed by atoms with Gasteiger partial charge >= 0.3 is 0 Å². The van der Waals surface area contributed by atoms with E-state index in [1.165, 1.54) is 12.1 Å². The highest BCUT2D eigenvalue weighted by Crippen LogP contribution is 2.18. The van der Waals surface area contributed by atoms with Gasteiger partial charge in [-0.1, -0.05) is 24.3 Å². The van der Waals surface area contributed by atoms with Crippen molar-refractivity contribution in [2.24, 2.45) is 4.99 Å². The van der Waals surface area contributed by atoms with Gasteiger partial charge in [0.15, 0.2) is 5.71 Å². The number of phenolic OH excluding ortho intramolecular Hbond substituents is 1. The van der Waals surface area contributed by atoms with Crippen molar-refractivity contribution in [1.82, 2.24) is 4.98 Å². The van der Waals surface area contributed by atoms with Gasteiger partial charge in [-0.15, -0.1) is 0 Å². The highest BCUT2D eigenvalue weighted by molar-refractivity contribution is 6.12. The number of aliphatic imine (C=N–C) groups is 1. The van der Waals surface area contributed by atoms with Crippen molar-refractivity contribution < 1.29 is 5.11 Å². The summed E-state index contributed by atoms with van der Waals surface area (Å²) in [5, 5.41) is 19.6. The Bertz CT molecular complexity index is 861. The summed E-state index contributed by atoms with van der Waals surface area (Å²) in [5.41, 5.74) is 2.19. The summed E-state index contributed by atoms with van der Waals surface area (Å²) in [6.07, 6.45) is 0. The molecule has 3 aromatic rings. The van der Waals surface area contributed by atoms with Crippen molar-refractivity contribution in [3.63, 3.8) is 0 Å². The summed E-state index contributed by atoms with van der Waals surface area (Å²) < 4.78 is 0. The van der Waals surface area contributed by atoms with E-state index in [0.717, 1.165) is 10.9 Å². The Morgan fingerprint density at radius 1 is 1.00 bits per heavy atom. The van der Waals surface area contributed by atoms with E-state index in [-0.39, 0.29) is 11.5 Å². The SMILES string of the molecule is N#CC(=Nc1ccc(O)cc1)c1ccc2ccccc2n1. The molecule has 0 fully saturated rings. The van der Waals surface area contributed by atoms with Crippen molar-refractivity contribution >= 4 is 22.3 Å². The summed E-state index contributed by atoms with van der Waals surface area (Å²) in [7, 11) is 0. The number of nitrogens with zero attached hydrogens (tertiary/aromatic N) is 3. The smallest absolute Gasteiger partial charge is 0.166 e. The Kier molecular flexibility index (Phi) is 3.32. The van der Waals surface area contributed by atoms with Crippen LogP contribution in [-0.4, -0.2) is 15.8 Å². The molecular formula is C17H11N3O. The number of para-hydroxylation sites is 1. The molecule has 2 aromatic carbocycles. The first-order valence-electron chi connectivity index (χ1n) is 6.40. The van der Waals surface area contributed by atoms with Gasteiger partial charge in [-0.3, -0.25) is 0 Å². The predicted molar refractivity (Wildman–Crippen MR) is 81.7 cm³/mol. The van der Waals surface area contributed by atoms with Gasteiger partial charge in [0, 0.05) is 5.39 Å². The van der Waals surface area contributed by atoms with E-state index in [1.54, 1.807) is 18.2 Å². The van der Waals surface area contributed by atoms with Gasteiger partial charge in [0.05, 0.1) is 11.2 Å². The molecule has 0 aliphatic heterocycles. The normalized spacial score (nSPS) is 11.3. The van der Waals surface area contributed by atoms with Crippen LogP contribution in [-0.2, 0) is 0 Å². The molecule has 0 spiro atoms. The molecule has 100 valence electrons. The van der Waals surface area contributed by atoms with E-state index in [2.05, 4.69) is 16.0 Å². The first-order valence-corrected chi connectivity index (χ1v) is 6.40. The van der Waals surface area contributed by atoms with Crippen LogP contribution in [0.3, 0.4) is 0 Å². The lowest BCUT2D eigenvalue weighted by Crippen LogP contribution is -2.00. The highest BCUT2D eigenvalue weighted by Gasteiger charge is 2.06. The number of fused-ring (bicyclic) bond motifs is 1.